The van der Waals surface area contributed by atoms with E-state index in [-0.39, 0.29) is 0 Å². The molecule has 0 bridgehead atoms. The first-order valence-electron chi connectivity index (χ1n) is 4.87. The summed E-state index contributed by atoms with van der Waals surface area (Å²) in [5, 5.41) is 0. The smallest absolute Gasteiger partial charge is 0.323 e. The molecule has 0 unspecified atom stereocenters. The number of H-pyrrole nitrogens is 1. The van der Waals surface area contributed by atoms with Crippen LogP contribution in [0.25, 0.3) is 22.6 Å². The number of aromatic nitrogens is 2. The third-order valence-electron chi connectivity index (χ3n) is 2.61. The van der Waals surface area contributed by atoms with Gasteiger partial charge in [-0.25, -0.2) is 9.55 Å². The van der Waals surface area contributed by atoms with Crippen molar-refractivity contribution in [3.05, 3.63) is 42.7 Å². The van der Waals surface area contributed by atoms with Crippen LogP contribution < -0.4 is 4.57 Å². The summed E-state index contributed by atoms with van der Waals surface area (Å²) in [5.41, 5.74) is 2.29. The standard InChI is InChI=1S/C12H10N2O/c1-14-10-6-3-2-5-9(10)13-12(14)11-7-4-8-15-11/h2-8H,1H3/p+1. The molecule has 0 amide bonds. The van der Waals surface area contributed by atoms with Crippen LogP contribution in [0.15, 0.2) is 47.1 Å². The zero-order valence-corrected chi connectivity index (χ0v) is 8.40. The Balaban J connectivity index is 2.33. The molecule has 2 aromatic heterocycles. The van der Waals surface area contributed by atoms with Gasteiger partial charge in [-0.3, -0.25) is 0 Å². The Bertz CT molecular complexity index is 593. The highest BCUT2D eigenvalue weighted by molar-refractivity contribution is 5.73. The second kappa shape index (κ2) is 2.98. The lowest BCUT2D eigenvalue weighted by Gasteiger charge is -1.89. The van der Waals surface area contributed by atoms with Gasteiger partial charge in [-0.15, -0.1) is 0 Å². The lowest BCUT2D eigenvalue weighted by atomic mass is 10.3. The van der Waals surface area contributed by atoms with Gasteiger partial charge in [-0.1, -0.05) is 12.1 Å². The summed E-state index contributed by atoms with van der Waals surface area (Å²) in [6.45, 7) is 0. The zero-order valence-electron chi connectivity index (χ0n) is 8.40. The van der Waals surface area contributed by atoms with Crippen LogP contribution >= 0.6 is 0 Å². The Morgan fingerprint density at radius 2 is 2.00 bits per heavy atom. The SMILES string of the molecule is C[n+]1c(-c2ccco2)[nH]c2ccccc21. The zero-order chi connectivity index (χ0) is 10.3. The van der Waals surface area contributed by atoms with Crippen LogP contribution in [-0.4, -0.2) is 4.98 Å². The van der Waals surface area contributed by atoms with Gasteiger partial charge in [-0.05, 0) is 24.3 Å². The summed E-state index contributed by atoms with van der Waals surface area (Å²) in [7, 11) is 2.02. The molecule has 0 fully saturated rings. The fourth-order valence-corrected chi connectivity index (χ4v) is 1.84. The van der Waals surface area contributed by atoms with Crippen molar-refractivity contribution in [3.8, 4) is 11.6 Å². The number of rotatable bonds is 1. The molecule has 1 aromatic carbocycles. The van der Waals surface area contributed by atoms with E-state index in [0.29, 0.717) is 0 Å². The Labute approximate surface area is 87.0 Å². The van der Waals surface area contributed by atoms with Gasteiger partial charge in [0.25, 0.3) is 0 Å². The highest BCUT2D eigenvalue weighted by atomic mass is 16.3. The minimum absolute atomic E-state index is 0.855. The Morgan fingerprint density at radius 1 is 1.13 bits per heavy atom. The monoisotopic (exact) mass is 199 g/mol. The Hall–Kier alpha value is -2.03. The maximum absolute atomic E-state index is 5.38. The van der Waals surface area contributed by atoms with E-state index < -0.39 is 0 Å². The molecule has 2 heterocycles. The van der Waals surface area contributed by atoms with E-state index in [9.17, 15) is 0 Å². The van der Waals surface area contributed by atoms with Crippen LogP contribution in [0, 0.1) is 0 Å². The molecule has 0 saturated carbocycles. The van der Waals surface area contributed by atoms with Gasteiger partial charge < -0.3 is 4.42 Å². The molecule has 0 radical (unpaired) electrons. The first-order valence-corrected chi connectivity index (χ1v) is 4.87. The Kier molecular flexibility index (Phi) is 1.65. The molecule has 3 rings (SSSR count). The predicted octanol–water partition coefficient (Wildman–Crippen LogP) is 2.25. The second-order valence-electron chi connectivity index (χ2n) is 3.53. The normalized spacial score (nSPS) is 11.0. The van der Waals surface area contributed by atoms with Crippen molar-refractivity contribution in [2.45, 2.75) is 0 Å². The van der Waals surface area contributed by atoms with Crippen LogP contribution in [0.3, 0.4) is 0 Å². The quantitative estimate of drug-likeness (QED) is 0.599. The Morgan fingerprint density at radius 3 is 2.73 bits per heavy atom. The van der Waals surface area contributed by atoms with Crippen molar-refractivity contribution >= 4 is 11.0 Å². The molecule has 3 aromatic rings. The van der Waals surface area contributed by atoms with E-state index in [0.717, 1.165) is 17.1 Å². The topological polar surface area (TPSA) is 32.8 Å². The summed E-state index contributed by atoms with van der Waals surface area (Å²) < 4.78 is 7.47. The van der Waals surface area contributed by atoms with Gasteiger partial charge >= 0.3 is 5.82 Å². The number of benzene rings is 1. The summed E-state index contributed by atoms with van der Waals surface area (Å²) in [5.74, 6) is 1.84. The number of aryl methyl sites for hydroxylation is 1. The van der Waals surface area contributed by atoms with Crippen molar-refractivity contribution in [2.24, 2.45) is 7.05 Å². The minimum Gasteiger partial charge on any atom is -0.456 e. The molecule has 0 aliphatic carbocycles. The van der Waals surface area contributed by atoms with Gasteiger partial charge in [0.05, 0.1) is 13.3 Å². The van der Waals surface area contributed by atoms with Crippen molar-refractivity contribution < 1.29 is 8.98 Å². The third kappa shape index (κ3) is 1.16. The largest absolute Gasteiger partial charge is 0.456 e. The van der Waals surface area contributed by atoms with Crippen molar-refractivity contribution in [3.63, 3.8) is 0 Å². The molecule has 0 saturated heterocycles. The summed E-state index contributed by atoms with van der Waals surface area (Å²) in [4.78, 5) is 3.34. The molecule has 1 N–H and O–H groups in total. The minimum atomic E-state index is 0.855. The molecule has 0 atom stereocenters. The van der Waals surface area contributed by atoms with Crippen molar-refractivity contribution in [1.29, 1.82) is 0 Å². The molecular formula is C12H11N2O+. The van der Waals surface area contributed by atoms with Crippen LogP contribution in [-0.2, 0) is 7.05 Å². The number of imidazole rings is 1. The highest BCUT2D eigenvalue weighted by Gasteiger charge is 2.18. The van der Waals surface area contributed by atoms with Crippen molar-refractivity contribution in [2.75, 3.05) is 0 Å². The van der Waals surface area contributed by atoms with E-state index in [1.54, 1.807) is 6.26 Å². The fourth-order valence-electron chi connectivity index (χ4n) is 1.84. The summed E-state index contributed by atoms with van der Waals surface area (Å²) in [6, 6.07) is 12.0. The third-order valence-corrected chi connectivity index (χ3v) is 2.61. The summed E-state index contributed by atoms with van der Waals surface area (Å²) >= 11 is 0. The van der Waals surface area contributed by atoms with Crippen LogP contribution in [0.4, 0.5) is 0 Å². The molecule has 15 heavy (non-hydrogen) atoms. The molecular weight excluding hydrogens is 188 g/mol. The molecule has 0 aliphatic heterocycles. The number of furan rings is 1. The van der Waals surface area contributed by atoms with Gasteiger partial charge in [0.1, 0.15) is 0 Å². The van der Waals surface area contributed by atoms with Gasteiger partial charge in [0.15, 0.2) is 11.0 Å². The van der Waals surface area contributed by atoms with Crippen LogP contribution in [0.5, 0.6) is 0 Å². The van der Waals surface area contributed by atoms with Gasteiger partial charge in [0.2, 0.25) is 5.76 Å². The molecule has 74 valence electrons. The number of hydrogen-bond acceptors (Lipinski definition) is 1. The van der Waals surface area contributed by atoms with Crippen LogP contribution in [0.1, 0.15) is 0 Å². The van der Waals surface area contributed by atoms with Crippen LogP contribution in [0.2, 0.25) is 0 Å². The number of aromatic amines is 1. The molecule has 0 spiro atoms. The first-order chi connectivity index (χ1) is 7.36. The lowest BCUT2D eigenvalue weighted by molar-refractivity contribution is -0.633. The number of hydrogen-bond donors (Lipinski definition) is 1. The average Bonchev–Trinajstić information content (AvgIpc) is 2.87. The van der Waals surface area contributed by atoms with E-state index in [1.807, 2.05) is 31.3 Å². The summed E-state index contributed by atoms with van der Waals surface area (Å²) in [6.07, 6.45) is 1.68. The lowest BCUT2D eigenvalue weighted by Crippen LogP contribution is -2.28. The number of nitrogens with one attached hydrogen (secondary N) is 1. The predicted molar refractivity (Wildman–Crippen MR) is 57.2 cm³/mol. The molecule has 3 heteroatoms. The molecule has 0 aliphatic rings. The first kappa shape index (κ1) is 8.29. The average molecular weight is 199 g/mol. The van der Waals surface area contributed by atoms with Crippen molar-refractivity contribution in [1.82, 2.24) is 4.98 Å². The van der Waals surface area contributed by atoms with Gasteiger partial charge in [0, 0.05) is 0 Å². The van der Waals surface area contributed by atoms with E-state index in [4.69, 9.17) is 4.42 Å². The van der Waals surface area contributed by atoms with E-state index in [2.05, 4.69) is 21.7 Å². The maximum atomic E-state index is 5.38. The van der Waals surface area contributed by atoms with Gasteiger partial charge in [-0.2, -0.15) is 0 Å². The second-order valence-corrected chi connectivity index (χ2v) is 3.53. The number of para-hydroxylation sites is 2. The maximum Gasteiger partial charge on any atom is 0.323 e. The highest BCUT2D eigenvalue weighted by Crippen LogP contribution is 2.18. The fraction of sp³-hybridized carbons (Fsp3) is 0.0833. The van der Waals surface area contributed by atoms with E-state index >= 15 is 0 Å². The van der Waals surface area contributed by atoms with E-state index in [1.165, 1.54) is 5.52 Å². The molecule has 3 nitrogen and oxygen atoms in total. The number of nitrogens with zero attached hydrogens (tertiary/aromatic N) is 1. The number of fused-ring (bicyclic) bond motifs is 1.